The molecular formula is C9H18F3N. The highest BCUT2D eigenvalue weighted by molar-refractivity contribution is 4.65. The summed E-state index contributed by atoms with van der Waals surface area (Å²) in [5.74, 6) is 0.511. The topological polar surface area (TPSA) is 26.0 Å². The molecule has 0 saturated carbocycles. The number of alkyl halides is 3. The van der Waals surface area contributed by atoms with E-state index in [1.54, 1.807) is 0 Å². The number of halogens is 3. The highest BCUT2D eigenvalue weighted by atomic mass is 19.4. The van der Waals surface area contributed by atoms with Crippen LogP contribution in [-0.2, 0) is 0 Å². The van der Waals surface area contributed by atoms with E-state index in [0.29, 0.717) is 12.3 Å². The monoisotopic (exact) mass is 197 g/mol. The Morgan fingerprint density at radius 2 is 1.62 bits per heavy atom. The molecule has 13 heavy (non-hydrogen) atoms. The van der Waals surface area contributed by atoms with Crippen LogP contribution in [0.3, 0.4) is 0 Å². The Morgan fingerprint density at radius 1 is 1.08 bits per heavy atom. The van der Waals surface area contributed by atoms with Crippen molar-refractivity contribution in [3.05, 3.63) is 0 Å². The highest BCUT2D eigenvalue weighted by Gasteiger charge is 2.27. The van der Waals surface area contributed by atoms with Gasteiger partial charge in [-0.25, -0.2) is 0 Å². The molecule has 0 bridgehead atoms. The number of nitrogens with two attached hydrogens (primary N) is 1. The van der Waals surface area contributed by atoms with Crippen molar-refractivity contribution in [2.45, 2.75) is 51.7 Å². The van der Waals surface area contributed by atoms with Crippen molar-refractivity contribution in [3.63, 3.8) is 0 Å². The predicted molar refractivity (Wildman–Crippen MR) is 47.3 cm³/mol. The van der Waals surface area contributed by atoms with Crippen LogP contribution in [0.4, 0.5) is 13.2 Å². The maximum atomic E-state index is 11.8. The van der Waals surface area contributed by atoms with Crippen LogP contribution in [-0.4, -0.2) is 12.2 Å². The lowest BCUT2D eigenvalue weighted by atomic mass is 10.0. The molecule has 0 aromatic carbocycles. The average Bonchev–Trinajstić information content (AvgIpc) is 1.95. The number of hydrogen-bond donors (Lipinski definition) is 1. The van der Waals surface area contributed by atoms with Gasteiger partial charge in [-0.1, -0.05) is 13.8 Å². The van der Waals surface area contributed by atoms with Crippen LogP contribution in [0.15, 0.2) is 0 Å². The van der Waals surface area contributed by atoms with E-state index >= 15 is 0 Å². The molecule has 0 rings (SSSR count). The fourth-order valence-electron chi connectivity index (χ4n) is 1.04. The first kappa shape index (κ1) is 12.8. The van der Waals surface area contributed by atoms with Crippen LogP contribution < -0.4 is 5.73 Å². The summed E-state index contributed by atoms with van der Waals surface area (Å²) in [6.45, 7) is 4.08. The van der Waals surface area contributed by atoms with E-state index in [2.05, 4.69) is 0 Å². The Morgan fingerprint density at radius 3 is 2.00 bits per heavy atom. The normalized spacial score (nSPS) is 15.0. The van der Waals surface area contributed by atoms with E-state index in [9.17, 15) is 13.2 Å². The largest absolute Gasteiger partial charge is 0.389 e. The quantitative estimate of drug-likeness (QED) is 0.720. The molecule has 0 aromatic heterocycles. The molecule has 1 nitrogen and oxygen atoms in total. The molecule has 0 heterocycles. The smallest absolute Gasteiger partial charge is 0.328 e. The molecule has 4 heteroatoms. The summed E-state index contributed by atoms with van der Waals surface area (Å²) in [6, 6.07) is -0.302. The summed E-state index contributed by atoms with van der Waals surface area (Å²) in [4.78, 5) is 0. The summed E-state index contributed by atoms with van der Waals surface area (Å²) in [5.41, 5.74) is 5.53. The lowest BCUT2D eigenvalue weighted by Gasteiger charge is -2.13. The molecule has 0 saturated heterocycles. The molecule has 0 spiro atoms. The second-order valence-corrected chi connectivity index (χ2v) is 3.89. The third kappa shape index (κ3) is 9.67. The minimum Gasteiger partial charge on any atom is -0.328 e. The van der Waals surface area contributed by atoms with Crippen LogP contribution in [0.1, 0.15) is 39.5 Å². The Labute approximate surface area is 77.5 Å². The summed E-state index contributed by atoms with van der Waals surface area (Å²) in [5, 5.41) is 0. The van der Waals surface area contributed by atoms with Gasteiger partial charge in [-0.3, -0.25) is 0 Å². The minimum absolute atomic E-state index is 0.0518. The molecule has 1 atom stereocenters. The Kier molecular flexibility index (Phi) is 5.37. The van der Waals surface area contributed by atoms with E-state index < -0.39 is 12.6 Å². The zero-order valence-electron chi connectivity index (χ0n) is 8.19. The zero-order chi connectivity index (χ0) is 10.5. The second-order valence-electron chi connectivity index (χ2n) is 3.89. The molecule has 0 fully saturated rings. The molecule has 0 aliphatic rings. The fourth-order valence-corrected chi connectivity index (χ4v) is 1.04. The van der Waals surface area contributed by atoms with Gasteiger partial charge in [0.15, 0.2) is 0 Å². The third-order valence-electron chi connectivity index (χ3n) is 1.91. The van der Waals surface area contributed by atoms with Gasteiger partial charge in [0, 0.05) is 12.5 Å². The maximum Gasteiger partial charge on any atom is 0.389 e. The van der Waals surface area contributed by atoms with Crippen LogP contribution in [0.2, 0.25) is 0 Å². The summed E-state index contributed by atoms with van der Waals surface area (Å²) >= 11 is 0. The van der Waals surface area contributed by atoms with Gasteiger partial charge in [-0.05, 0) is 25.2 Å². The molecule has 0 amide bonds. The zero-order valence-corrected chi connectivity index (χ0v) is 8.19. The highest BCUT2D eigenvalue weighted by Crippen LogP contribution is 2.23. The minimum atomic E-state index is -4.06. The van der Waals surface area contributed by atoms with E-state index in [-0.39, 0.29) is 12.5 Å². The molecule has 0 radical (unpaired) electrons. The van der Waals surface area contributed by atoms with E-state index in [0.717, 1.165) is 6.42 Å². The van der Waals surface area contributed by atoms with Crippen LogP contribution in [0.5, 0.6) is 0 Å². The van der Waals surface area contributed by atoms with Crippen molar-refractivity contribution in [2.75, 3.05) is 0 Å². The lowest BCUT2D eigenvalue weighted by Crippen LogP contribution is -2.23. The van der Waals surface area contributed by atoms with Crippen molar-refractivity contribution in [1.29, 1.82) is 0 Å². The van der Waals surface area contributed by atoms with Gasteiger partial charge in [0.25, 0.3) is 0 Å². The van der Waals surface area contributed by atoms with Crippen LogP contribution in [0.25, 0.3) is 0 Å². The Hall–Kier alpha value is -0.250. The fraction of sp³-hybridized carbons (Fsp3) is 1.00. The first-order valence-electron chi connectivity index (χ1n) is 4.63. The van der Waals surface area contributed by atoms with E-state index in [1.807, 2.05) is 13.8 Å². The SMILES string of the molecule is CC(C)CCC(N)CCC(F)(F)F. The molecule has 0 aliphatic heterocycles. The molecule has 2 N–H and O–H groups in total. The van der Waals surface area contributed by atoms with Gasteiger partial charge in [-0.2, -0.15) is 13.2 Å². The van der Waals surface area contributed by atoms with Crippen molar-refractivity contribution in [2.24, 2.45) is 11.7 Å². The summed E-state index contributed by atoms with van der Waals surface area (Å²) < 4.78 is 35.3. The van der Waals surface area contributed by atoms with Gasteiger partial charge in [0.2, 0.25) is 0 Å². The van der Waals surface area contributed by atoms with Gasteiger partial charge in [-0.15, -0.1) is 0 Å². The molecule has 80 valence electrons. The van der Waals surface area contributed by atoms with E-state index in [4.69, 9.17) is 5.73 Å². The van der Waals surface area contributed by atoms with Crippen LogP contribution in [0, 0.1) is 5.92 Å². The average molecular weight is 197 g/mol. The first-order valence-corrected chi connectivity index (χ1v) is 4.63. The van der Waals surface area contributed by atoms with Crippen molar-refractivity contribution in [3.8, 4) is 0 Å². The van der Waals surface area contributed by atoms with Gasteiger partial charge in [0.05, 0.1) is 0 Å². The van der Waals surface area contributed by atoms with Crippen LogP contribution >= 0.6 is 0 Å². The number of rotatable bonds is 5. The summed E-state index contributed by atoms with van der Waals surface area (Å²) in [7, 11) is 0. The van der Waals surface area contributed by atoms with Crippen molar-refractivity contribution >= 4 is 0 Å². The van der Waals surface area contributed by atoms with Crippen molar-refractivity contribution in [1.82, 2.24) is 0 Å². The molecule has 0 aromatic rings. The first-order chi connectivity index (χ1) is 5.81. The van der Waals surface area contributed by atoms with Gasteiger partial charge in [0.1, 0.15) is 0 Å². The summed E-state index contributed by atoms with van der Waals surface area (Å²) in [6.07, 6.45) is -3.18. The molecular weight excluding hydrogens is 179 g/mol. The Bertz CT molecular complexity index is 131. The Balaban J connectivity index is 3.46. The van der Waals surface area contributed by atoms with E-state index in [1.165, 1.54) is 0 Å². The molecule has 0 aliphatic carbocycles. The third-order valence-corrected chi connectivity index (χ3v) is 1.91. The predicted octanol–water partition coefficient (Wildman–Crippen LogP) is 3.09. The maximum absolute atomic E-state index is 11.8. The second kappa shape index (κ2) is 5.47. The number of hydrogen-bond acceptors (Lipinski definition) is 1. The lowest BCUT2D eigenvalue weighted by molar-refractivity contribution is -0.136. The van der Waals surface area contributed by atoms with Gasteiger partial charge < -0.3 is 5.73 Å². The van der Waals surface area contributed by atoms with Crippen molar-refractivity contribution < 1.29 is 13.2 Å². The standard InChI is InChI=1S/C9H18F3N/c1-7(2)3-4-8(13)5-6-9(10,11)12/h7-8H,3-6,13H2,1-2H3. The molecule has 1 unspecified atom stereocenters. The van der Waals surface area contributed by atoms with Gasteiger partial charge >= 0.3 is 6.18 Å².